The number of rotatable bonds is 14. The highest BCUT2D eigenvalue weighted by Gasteiger charge is 2.39. The van der Waals surface area contributed by atoms with Crippen molar-refractivity contribution in [3.63, 3.8) is 0 Å². The standard InChI is InChI=1S/C37H45N3O5/c1-27(41)40-24-31-23-33(36(34(25-40)38-31)37(42)39(2)20-9-13-28-11-5-4-6-12-28)29-16-18-32(19-17-29)45-22-10-21-44-26-30-14-7-8-15-35(30)43-3/h4-8,11-12,14-19,31,34,38H,9-10,13,20-26H2,1-3H3. The Hall–Kier alpha value is -4.14. The number of carbonyl (C=O) groups is 2. The maximum Gasteiger partial charge on any atom is 0.251 e. The van der Waals surface area contributed by atoms with Gasteiger partial charge in [-0.15, -0.1) is 0 Å². The lowest BCUT2D eigenvalue weighted by Gasteiger charge is -2.44. The average Bonchev–Trinajstić information content (AvgIpc) is 3.06. The van der Waals surface area contributed by atoms with E-state index in [2.05, 4.69) is 29.6 Å². The summed E-state index contributed by atoms with van der Waals surface area (Å²) in [6, 6.07) is 26.2. The number of hydrogen-bond donors (Lipinski definition) is 1. The zero-order chi connectivity index (χ0) is 31.6. The first kappa shape index (κ1) is 32.3. The monoisotopic (exact) mass is 611 g/mol. The van der Waals surface area contributed by atoms with Crippen LogP contribution in [-0.2, 0) is 27.4 Å². The van der Waals surface area contributed by atoms with E-state index in [0.717, 1.165) is 53.0 Å². The quantitative estimate of drug-likeness (QED) is 0.255. The molecule has 238 valence electrons. The molecule has 5 rings (SSSR count). The number of fused-ring (bicyclic) bond motifs is 2. The van der Waals surface area contributed by atoms with Crippen LogP contribution in [-0.4, -0.2) is 80.7 Å². The Labute approximate surface area is 267 Å². The van der Waals surface area contributed by atoms with Crippen molar-refractivity contribution < 1.29 is 23.8 Å². The van der Waals surface area contributed by atoms with Crippen molar-refractivity contribution in [3.8, 4) is 11.5 Å². The number of methoxy groups -OCH3 is 1. The summed E-state index contributed by atoms with van der Waals surface area (Å²) in [6.07, 6.45) is 3.25. The zero-order valence-electron chi connectivity index (χ0n) is 26.7. The lowest BCUT2D eigenvalue weighted by molar-refractivity contribution is -0.132. The van der Waals surface area contributed by atoms with Crippen LogP contribution < -0.4 is 14.8 Å². The summed E-state index contributed by atoms with van der Waals surface area (Å²) in [4.78, 5) is 30.0. The molecule has 2 bridgehead atoms. The van der Waals surface area contributed by atoms with Gasteiger partial charge in [0.1, 0.15) is 11.5 Å². The van der Waals surface area contributed by atoms with E-state index >= 15 is 0 Å². The summed E-state index contributed by atoms with van der Waals surface area (Å²) < 4.78 is 17.2. The van der Waals surface area contributed by atoms with E-state index in [0.29, 0.717) is 45.9 Å². The largest absolute Gasteiger partial charge is 0.496 e. The summed E-state index contributed by atoms with van der Waals surface area (Å²) in [7, 11) is 3.55. The molecule has 45 heavy (non-hydrogen) atoms. The molecule has 0 spiro atoms. The second kappa shape index (κ2) is 15.7. The molecule has 2 aliphatic rings. The molecule has 2 atom stereocenters. The van der Waals surface area contributed by atoms with Gasteiger partial charge < -0.3 is 29.3 Å². The third-order valence-electron chi connectivity index (χ3n) is 8.58. The zero-order valence-corrected chi connectivity index (χ0v) is 26.7. The Bertz CT molecular complexity index is 1460. The molecule has 3 aromatic carbocycles. The van der Waals surface area contributed by atoms with Gasteiger partial charge in [-0.25, -0.2) is 0 Å². The van der Waals surface area contributed by atoms with Crippen LogP contribution >= 0.6 is 0 Å². The minimum Gasteiger partial charge on any atom is -0.496 e. The number of ether oxygens (including phenoxy) is 3. The van der Waals surface area contributed by atoms with E-state index in [1.54, 1.807) is 14.0 Å². The van der Waals surface area contributed by atoms with Crippen molar-refractivity contribution in [1.82, 2.24) is 15.1 Å². The van der Waals surface area contributed by atoms with Crippen LogP contribution in [0.3, 0.4) is 0 Å². The van der Waals surface area contributed by atoms with E-state index in [9.17, 15) is 9.59 Å². The number of likely N-dealkylation sites (N-methyl/N-ethyl adjacent to an activating group) is 1. The first-order chi connectivity index (χ1) is 21.9. The van der Waals surface area contributed by atoms with Crippen molar-refractivity contribution >= 4 is 17.4 Å². The number of aryl methyl sites for hydroxylation is 1. The normalized spacial score (nSPS) is 17.6. The number of para-hydroxylation sites is 1. The van der Waals surface area contributed by atoms with Gasteiger partial charge in [0.15, 0.2) is 0 Å². The summed E-state index contributed by atoms with van der Waals surface area (Å²) in [6.45, 7) is 5.03. The number of piperazine rings is 1. The molecule has 0 aliphatic carbocycles. The van der Waals surface area contributed by atoms with Gasteiger partial charge in [-0.05, 0) is 54.2 Å². The third-order valence-corrected chi connectivity index (χ3v) is 8.58. The lowest BCUT2D eigenvalue weighted by atomic mass is 9.83. The fourth-order valence-electron chi connectivity index (χ4n) is 6.20. The average molecular weight is 612 g/mol. The van der Waals surface area contributed by atoms with Crippen LogP contribution in [0.4, 0.5) is 0 Å². The Balaban J connectivity index is 1.21. The van der Waals surface area contributed by atoms with E-state index in [1.165, 1.54) is 5.56 Å². The first-order valence-corrected chi connectivity index (χ1v) is 15.9. The maximum atomic E-state index is 14.0. The van der Waals surface area contributed by atoms with Gasteiger partial charge >= 0.3 is 0 Å². The van der Waals surface area contributed by atoms with Gasteiger partial charge in [0.25, 0.3) is 5.91 Å². The molecule has 8 nitrogen and oxygen atoms in total. The Morgan fingerprint density at radius 2 is 1.69 bits per heavy atom. The van der Waals surface area contributed by atoms with Crippen LogP contribution in [0.2, 0.25) is 0 Å². The van der Waals surface area contributed by atoms with Crippen LogP contribution in [0, 0.1) is 0 Å². The van der Waals surface area contributed by atoms with Crippen LogP contribution in [0.1, 0.15) is 42.9 Å². The van der Waals surface area contributed by atoms with E-state index in [-0.39, 0.29) is 23.9 Å². The highest BCUT2D eigenvalue weighted by Crippen LogP contribution is 2.34. The molecule has 1 fully saturated rings. The number of hydrogen-bond acceptors (Lipinski definition) is 6. The van der Waals surface area contributed by atoms with E-state index in [1.807, 2.05) is 71.4 Å². The lowest BCUT2D eigenvalue weighted by Crippen LogP contribution is -2.61. The van der Waals surface area contributed by atoms with E-state index in [4.69, 9.17) is 14.2 Å². The molecule has 2 aliphatic heterocycles. The predicted octanol–water partition coefficient (Wildman–Crippen LogP) is 5.12. The van der Waals surface area contributed by atoms with Gasteiger partial charge in [0, 0.05) is 57.2 Å². The molecular weight excluding hydrogens is 566 g/mol. The number of carbonyl (C=O) groups excluding carboxylic acids is 2. The summed E-state index contributed by atoms with van der Waals surface area (Å²) in [5, 5.41) is 3.64. The molecule has 8 heteroatoms. The fourth-order valence-corrected chi connectivity index (χ4v) is 6.20. The minimum atomic E-state index is -0.202. The summed E-state index contributed by atoms with van der Waals surface area (Å²) in [5.41, 5.74) is 5.14. The van der Waals surface area contributed by atoms with E-state index < -0.39 is 0 Å². The van der Waals surface area contributed by atoms with Crippen LogP contribution in [0.25, 0.3) is 5.57 Å². The molecule has 2 unspecified atom stereocenters. The third kappa shape index (κ3) is 8.53. The van der Waals surface area contributed by atoms with Gasteiger partial charge in [0.05, 0.1) is 33.0 Å². The Morgan fingerprint density at radius 1 is 0.933 bits per heavy atom. The van der Waals surface area contributed by atoms with Crippen molar-refractivity contribution in [2.75, 3.05) is 47.0 Å². The molecule has 1 saturated heterocycles. The second-order valence-corrected chi connectivity index (χ2v) is 11.8. The number of amides is 2. The summed E-state index contributed by atoms with van der Waals surface area (Å²) in [5.74, 6) is 1.68. The number of benzene rings is 3. The van der Waals surface area contributed by atoms with Gasteiger partial charge in [-0.1, -0.05) is 60.7 Å². The SMILES string of the molecule is COc1ccccc1COCCCOc1ccc(C2=C(C(=O)N(C)CCCc3ccccc3)C3CN(C(C)=O)CC(C2)N3)cc1. The highest BCUT2D eigenvalue weighted by molar-refractivity contribution is 6.03. The fraction of sp³-hybridized carbons (Fsp3) is 0.405. The molecule has 0 radical (unpaired) electrons. The van der Waals surface area contributed by atoms with Crippen LogP contribution in [0.5, 0.6) is 11.5 Å². The molecule has 1 N–H and O–H groups in total. The molecule has 3 aromatic rings. The molecule has 2 heterocycles. The van der Waals surface area contributed by atoms with Crippen molar-refractivity contribution in [2.24, 2.45) is 0 Å². The number of nitrogens with zero attached hydrogens (tertiary/aromatic N) is 2. The second-order valence-electron chi connectivity index (χ2n) is 11.8. The maximum absolute atomic E-state index is 14.0. The predicted molar refractivity (Wildman–Crippen MR) is 176 cm³/mol. The van der Waals surface area contributed by atoms with Crippen LogP contribution in [0.15, 0.2) is 84.4 Å². The van der Waals surface area contributed by atoms with Crippen molar-refractivity contribution in [2.45, 2.75) is 51.3 Å². The Kier molecular flexibility index (Phi) is 11.3. The molecule has 0 aromatic heterocycles. The van der Waals surface area contributed by atoms with Gasteiger partial charge in [0.2, 0.25) is 5.91 Å². The topological polar surface area (TPSA) is 80.3 Å². The smallest absolute Gasteiger partial charge is 0.251 e. The number of nitrogens with one attached hydrogen (secondary N) is 1. The first-order valence-electron chi connectivity index (χ1n) is 15.9. The Morgan fingerprint density at radius 3 is 2.44 bits per heavy atom. The highest BCUT2D eigenvalue weighted by atomic mass is 16.5. The van der Waals surface area contributed by atoms with Crippen molar-refractivity contribution in [1.29, 1.82) is 0 Å². The van der Waals surface area contributed by atoms with Gasteiger partial charge in [-0.2, -0.15) is 0 Å². The van der Waals surface area contributed by atoms with Gasteiger partial charge in [-0.3, -0.25) is 9.59 Å². The molecular formula is C37H45N3O5. The van der Waals surface area contributed by atoms with Crippen molar-refractivity contribution in [3.05, 3.63) is 101 Å². The molecule has 0 saturated carbocycles. The minimum absolute atomic E-state index is 0.0212. The molecule has 2 amide bonds. The summed E-state index contributed by atoms with van der Waals surface area (Å²) >= 11 is 0.